The Bertz CT molecular complexity index is 1080. The van der Waals surface area contributed by atoms with Crippen molar-refractivity contribution in [2.24, 2.45) is 5.92 Å². The Labute approximate surface area is 183 Å². The Balaban J connectivity index is 1.53. The van der Waals surface area contributed by atoms with Crippen molar-refractivity contribution in [2.45, 2.75) is 19.4 Å². The number of cyclic esters (lactones) is 1. The maximum atomic E-state index is 13.2. The number of ether oxygens (including phenoxy) is 2. The summed E-state index contributed by atoms with van der Waals surface area (Å²) in [5.74, 6) is -2.12. The van der Waals surface area contributed by atoms with Gasteiger partial charge < -0.3 is 14.8 Å². The molecule has 1 saturated heterocycles. The number of hydrogen-bond donors (Lipinski definition) is 1. The molecule has 2 aromatic carbocycles. The number of rotatable bonds is 5. The number of anilines is 1. The molecule has 4 rings (SSSR count). The van der Waals surface area contributed by atoms with E-state index in [4.69, 9.17) is 9.47 Å². The highest BCUT2D eigenvalue weighted by Gasteiger charge is 2.35. The van der Waals surface area contributed by atoms with E-state index in [1.807, 2.05) is 0 Å². The summed E-state index contributed by atoms with van der Waals surface area (Å²) in [5.41, 5.74) is 0.985. The molecule has 2 amide bonds. The summed E-state index contributed by atoms with van der Waals surface area (Å²) in [5, 5.41) is 2.61. The lowest BCUT2D eigenvalue weighted by Gasteiger charge is -2.16. The normalized spacial score (nSPS) is 20.1. The predicted octanol–water partition coefficient (Wildman–Crippen LogP) is 2.75. The lowest BCUT2D eigenvalue weighted by atomic mass is 9.88. The van der Waals surface area contributed by atoms with E-state index in [1.54, 1.807) is 12.1 Å². The molecule has 9 heteroatoms. The second-order valence-electron chi connectivity index (χ2n) is 7.66. The number of benzene rings is 2. The van der Waals surface area contributed by atoms with E-state index in [1.165, 1.54) is 42.2 Å². The zero-order valence-corrected chi connectivity index (χ0v) is 17.3. The first-order valence-electron chi connectivity index (χ1n) is 10.2. The Morgan fingerprint density at radius 2 is 1.91 bits per heavy atom. The summed E-state index contributed by atoms with van der Waals surface area (Å²) in [4.78, 5) is 50.7. The highest BCUT2D eigenvalue weighted by molar-refractivity contribution is 6.17. The molecule has 1 fully saturated rings. The van der Waals surface area contributed by atoms with E-state index in [9.17, 15) is 23.6 Å². The van der Waals surface area contributed by atoms with Crippen LogP contribution in [0.15, 0.2) is 42.5 Å². The zero-order valence-electron chi connectivity index (χ0n) is 17.3. The van der Waals surface area contributed by atoms with Gasteiger partial charge in [0.15, 0.2) is 11.6 Å². The fraction of sp³-hybridized carbons (Fsp3) is 0.304. The predicted molar refractivity (Wildman–Crippen MR) is 111 cm³/mol. The average Bonchev–Trinajstić information content (AvgIpc) is 3.06. The zero-order chi connectivity index (χ0) is 22.8. The van der Waals surface area contributed by atoms with Gasteiger partial charge in [-0.1, -0.05) is 0 Å². The molecule has 0 spiro atoms. The van der Waals surface area contributed by atoms with Gasteiger partial charge in [-0.25, -0.2) is 9.18 Å². The van der Waals surface area contributed by atoms with E-state index in [-0.39, 0.29) is 60.5 Å². The number of nitrogens with one attached hydrogen (secondary N) is 1. The van der Waals surface area contributed by atoms with Crippen LogP contribution in [0.4, 0.5) is 14.9 Å². The summed E-state index contributed by atoms with van der Waals surface area (Å²) in [6.07, 6.45) is -0.876. The molecule has 1 unspecified atom stereocenters. The summed E-state index contributed by atoms with van der Waals surface area (Å²) >= 11 is 0. The van der Waals surface area contributed by atoms with Gasteiger partial charge in [0, 0.05) is 18.6 Å². The van der Waals surface area contributed by atoms with Crippen molar-refractivity contribution < 1.29 is 33.0 Å². The molecule has 1 N–H and O–H groups in total. The van der Waals surface area contributed by atoms with Crippen LogP contribution in [0.25, 0.3) is 0 Å². The molecule has 0 aromatic heterocycles. The molecule has 8 nitrogen and oxygen atoms in total. The van der Waals surface area contributed by atoms with Gasteiger partial charge in [-0.05, 0) is 42.8 Å². The first-order chi connectivity index (χ1) is 15.3. The maximum Gasteiger partial charge on any atom is 0.414 e. The van der Waals surface area contributed by atoms with Gasteiger partial charge in [0.2, 0.25) is 5.91 Å². The molecule has 2 aliphatic heterocycles. The first-order valence-corrected chi connectivity index (χ1v) is 10.2. The number of hydrogen-bond acceptors (Lipinski definition) is 6. The van der Waals surface area contributed by atoms with Gasteiger partial charge in [0.1, 0.15) is 17.7 Å². The minimum atomic E-state index is -0.939. The Kier molecular flexibility index (Phi) is 5.89. The van der Waals surface area contributed by atoms with Gasteiger partial charge in [-0.2, -0.15) is 0 Å². The van der Waals surface area contributed by atoms with Crippen LogP contribution in [-0.4, -0.2) is 49.4 Å². The van der Waals surface area contributed by atoms with E-state index in [0.29, 0.717) is 5.69 Å². The van der Waals surface area contributed by atoms with E-state index < -0.39 is 23.9 Å². The number of halogens is 1. The topological polar surface area (TPSA) is 102 Å². The number of carbonyl (C=O) groups excluding carboxylic acids is 4. The van der Waals surface area contributed by atoms with Crippen LogP contribution in [-0.2, 0) is 9.53 Å². The van der Waals surface area contributed by atoms with Crippen molar-refractivity contribution in [1.82, 2.24) is 5.32 Å². The lowest BCUT2D eigenvalue weighted by Crippen LogP contribution is -2.33. The maximum absolute atomic E-state index is 13.2. The Morgan fingerprint density at radius 1 is 1.16 bits per heavy atom. The minimum Gasteiger partial charge on any atom is -0.493 e. The van der Waals surface area contributed by atoms with Crippen molar-refractivity contribution in [1.29, 1.82) is 0 Å². The first kappa shape index (κ1) is 21.5. The number of Topliss-reactive ketones (excluding diaryl/α,β-unsaturated/α-hetero) is 2. The molecule has 0 saturated carbocycles. The highest BCUT2D eigenvalue weighted by Crippen LogP contribution is 2.33. The van der Waals surface area contributed by atoms with Crippen LogP contribution in [0.3, 0.4) is 0 Å². The van der Waals surface area contributed by atoms with Gasteiger partial charge in [0.05, 0.1) is 36.9 Å². The quantitative estimate of drug-likeness (QED) is 0.567. The van der Waals surface area contributed by atoms with E-state index >= 15 is 0 Å². The molecule has 2 aromatic rings. The SMILES string of the molecule is CC(=O)NC[C@H]1CN(c2ccc3c(c2)OCCC(C(=O)c2ccc(F)cc2)C3=O)C(=O)O1. The third kappa shape index (κ3) is 4.32. The van der Waals surface area contributed by atoms with Crippen molar-refractivity contribution in [3.05, 3.63) is 59.4 Å². The second-order valence-corrected chi connectivity index (χ2v) is 7.66. The lowest BCUT2D eigenvalue weighted by molar-refractivity contribution is -0.119. The summed E-state index contributed by atoms with van der Waals surface area (Å²) in [6.45, 7) is 1.95. The van der Waals surface area contributed by atoms with Crippen LogP contribution in [0.1, 0.15) is 34.1 Å². The number of amides is 2. The van der Waals surface area contributed by atoms with Crippen molar-refractivity contribution >= 4 is 29.3 Å². The van der Waals surface area contributed by atoms with Gasteiger partial charge in [0.25, 0.3) is 0 Å². The smallest absolute Gasteiger partial charge is 0.414 e. The molecule has 0 aliphatic carbocycles. The Hall–Kier alpha value is -3.75. The average molecular weight is 440 g/mol. The van der Waals surface area contributed by atoms with Gasteiger partial charge in [-0.3, -0.25) is 19.3 Å². The van der Waals surface area contributed by atoms with Crippen LogP contribution < -0.4 is 15.0 Å². The number of fused-ring (bicyclic) bond motifs is 1. The third-order valence-electron chi connectivity index (χ3n) is 5.42. The molecule has 32 heavy (non-hydrogen) atoms. The summed E-state index contributed by atoms with van der Waals surface area (Å²) < 4.78 is 24.2. The number of carbonyl (C=O) groups is 4. The monoisotopic (exact) mass is 440 g/mol. The van der Waals surface area contributed by atoms with Crippen LogP contribution >= 0.6 is 0 Å². The highest BCUT2D eigenvalue weighted by atomic mass is 19.1. The number of ketones is 2. The van der Waals surface area contributed by atoms with Crippen molar-refractivity contribution in [2.75, 3.05) is 24.6 Å². The molecule has 2 aliphatic rings. The molecule has 2 heterocycles. The largest absolute Gasteiger partial charge is 0.493 e. The van der Waals surface area contributed by atoms with Crippen molar-refractivity contribution in [3.63, 3.8) is 0 Å². The Morgan fingerprint density at radius 3 is 2.62 bits per heavy atom. The molecule has 2 atom stereocenters. The summed E-state index contributed by atoms with van der Waals surface area (Å²) in [7, 11) is 0. The molecule has 166 valence electrons. The van der Waals surface area contributed by atoms with Crippen LogP contribution in [0.5, 0.6) is 5.75 Å². The molecule has 0 bridgehead atoms. The summed E-state index contributed by atoms with van der Waals surface area (Å²) in [6, 6.07) is 9.76. The van der Waals surface area contributed by atoms with E-state index in [2.05, 4.69) is 5.32 Å². The van der Waals surface area contributed by atoms with E-state index in [0.717, 1.165) is 0 Å². The van der Waals surface area contributed by atoms with Crippen molar-refractivity contribution in [3.8, 4) is 5.75 Å². The third-order valence-corrected chi connectivity index (χ3v) is 5.42. The van der Waals surface area contributed by atoms with Gasteiger partial charge >= 0.3 is 6.09 Å². The molecular formula is C23H21FN2O6. The fourth-order valence-corrected chi connectivity index (χ4v) is 3.77. The second kappa shape index (κ2) is 8.78. The standard InChI is InChI=1S/C23H21FN2O6/c1-13(27)25-11-17-12-26(23(30)32-17)16-6-7-18-20(10-16)31-9-8-19(22(18)29)21(28)14-2-4-15(24)5-3-14/h2-7,10,17,19H,8-9,11-12H2,1H3,(H,25,27)/t17-,19?/m0/s1. The van der Waals surface area contributed by atoms with Crippen LogP contribution in [0, 0.1) is 11.7 Å². The number of nitrogens with zero attached hydrogens (tertiary/aromatic N) is 1. The fourth-order valence-electron chi connectivity index (χ4n) is 3.77. The molecule has 0 radical (unpaired) electrons. The minimum absolute atomic E-state index is 0.134. The van der Waals surface area contributed by atoms with Crippen LogP contribution in [0.2, 0.25) is 0 Å². The molecular weight excluding hydrogens is 419 g/mol. The van der Waals surface area contributed by atoms with Gasteiger partial charge in [-0.15, -0.1) is 0 Å².